The Morgan fingerprint density at radius 1 is 0.962 bits per heavy atom. The molecule has 0 spiro atoms. The lowest BCUT2D eigenvalue weighted by atomic mass is 9.84. The average molecular weight is 399 g/mol. The van der Waals surface area contributed by atoms with E-state index in [0.29, 0.717) is 6.08 Å². The number of rotatable bonds is 3. The molecule has 136 valence electrons. The molecule has 2 aromatic carbocycles. The Morgan fingerprint density at radius 3 is 2.15 bits per heavy atom. The molecule has 0 N–H and O–H groups in total. The summed E-state index contributed by atoms with van der Waals surface area (Å²) in [5, 5.41) is -0.203. The van der Waals surface area contributed by atoms with Gasteiger partial charge in [-0.3, -0.25) is 0 Å². The molecule has 0 aliphatic heterocycles. The van der Waals surface area contributed by atoms with E-state index in [-0.39, 0.29) is 16.1 Å². The average Bonchev–Trinajstić information content (AvgIpc) is 2.59. The third kappa shape index (κ3) is 2.87. The topological polar surface area (TPSA) is 34.1 Å². The number of hydrogen-bond donors (Lipinski definition) is 0. The van der Waals surface area contributed by atoms with Gasteiger partial charge in [0.2, 0.25) is 5.67 Å². The zero-order valence-corrected chi connectivity index (χ0v) is 15.2. The first-order valence-electron chi connectivity index (χ1n) is 7.59. The molecule has 0 aromatic heterocycles. The number of benzene rings is 2. The molecule has 1 aliphatic carbocycles. The fraction of sp³-hybridized carbons (Fsp3) is 0.158. The van der Waals surface area contributed by atoms with E-state index >= 15 is 4.39 Å². The van der Waals surface area contributed by atoms with Crippen LogP contribution in [0.4, 0.5) is 13.2 Å². The van der Waals surface area contributed by atoms with Gasteiger partial charge in [-0.05, 0) is 35.4 Å². The molecule has 7 heteroatoms. The molecule has 1 aliphatic rings. The maximum absolute atomic E-state index is 15.3. The number of hydrogen-bond acceptors (Lipinski definition) is 2. The minimum atomic E-state index is -4.02. The SMILES string of the molecule is CS(=O)(=O)C1(c2ccc(Cl)c(F)c2)C=CC(F)(c2ccccc2)C(F)=C1. The van der Waals surface area contributed by atoms with Gasteiger partial charge in [-0.15, -0.1) is 0 Å². The van der Waals surface area contributed by atoms with Gasteiger partial charge in [0.15, 0.2) is 9.84 Å². The lowest BCUT2D eigenvalue weighted by Gasteiger charge is -2.33. The van der Waals surface area contributed by atoms with Crippen LogP contribution >= 0.6 is 11.6 Å². The highest BCUT2D eigenvalue weighted by molar-refractivity contribution is 7.92. The monoisotopic (exact) mass is 398 g/mol. The second kappa shape index (κ2) is 6.28. The van der Waals surface area contributed by atoms with Gasteiger partial charge < -0.3 is 0 Å². The van der Waals surface area contributed by atoms with E-state index < -0.39 is 31.9 Å². The molecule has 0 bridgehead atoms. The predicted octanol–water partition coefficient (Wildman–Crippen LogP) is 5.01. The van der Waals surface area contributed by atoms with Crippen LogP contribution in [0.1, 0.15) is 11.1 Å². The van der Waals surface area contributed by atoms with Crippen LogP contribution in [0.15, 0.2) is 72.6 Å². The summed E-state index contributed by atoms with van der Waals surface area (Å²) in [6.07, 6.45) is 3.45. The summed E-state index contributed by atoms with van der Waals surface area (Å²) in [6, 6.07) is 10.9. The van der Waals surface area contributed by atoms with Gasteiger partial charge in [-0.25, -0.2) is 21.6 Å². The quantitative estimate of drug-likeness (QED) is 0.681. The zero-order chi connectivity index (χ0) is 19.2. The molecule has 2 unspecified atom stereocenters. The standard InChI is InChI=1S/C19H14ClF3O2S/c1-26(24,25)18(14-7-8-15(20)16(21)11-14)9-10-19(23,17(22)12-18)13-5-3-2-4-6-13/h2-12H,1H3. The van der Waals surface area contributed by atoms with Crippen molar-refractivity contribution in [1.82, 2.24) is 0 Å². The highest BCUT2D eigenvalue weighted by Crippen LogP contribution is 2.47. The van der Waals surface area contributed by atoms with Crippen molar-refractivity contribution in [2.24, 2.45) is 0 Å². The highest BCUT2D eigenvalue weighted by Gasteiger charge is 2.48. The maximum atomic E-state index is 15.3. The normalized spacial score (nSPS) is 25.8. The third-order valence-corrected chi connectivity index (χ3v) is 6.45. The highest BCUT2D eigenvalue weighted by atomic mass is 35.5. The van der Waals surface area contributed by atoms with Gasteiger partial charge in [0, 0.05) is 6.26 Å². The molecule has 0 amide bonds. The fourth-order valence-electron chi connectivity index (χ4n) is 2.94. The van der Waals surface area contributed by atoms with Crippen LogP contribution in [0.2, 0.25) is 5.02 Å². The number of allylic oxidation sites excluding steroid dienone is 2. The van der Waals surface area contributed by atoms with Crippen LogP contribution in [-0.4, -0.2) is 14.7 Å². The second-order valence-corrected chi connectivity index (χ2v) is 8.72. The molecule has 2 atom stereocenters. The van der Waals surface area contributed by atoms with Crippen LogP contribution in [0.5, 0.6) is 0 Å². The number of alkyl halides is 1. The summed E-state index contributed by atoms with van der Waals surface area (Å²) in [5.41, 5.74) is -2.64. The lowest BCUT2D eigenvalue weighted by molar-refractivity contribution is 0.232. The molecule has 0 heterocycles. The fourth-order valence-corrected chi connectivity index (χ4v) is 4.24. The van der Waals surface area contributed by atoms with E-state index in [9.17, 15) is 17.2 Å². The van der Waals surface area contributed by atoms with Crippen molar-refractivity contribution in [3.05, 3.63) is 94.6 Å². The zero-order valence-electron chi connectivity index (χ0n) is 13.6. The van der Waals surface area contributed by atoms with E-state index in [4.69, 9.17) is 11.6 Å². The lowest BCUT2D eigenvalue weighted by Crippen LogP contribution is -2.36. The van der Waals surface area contributed by atoms with Crippen LogP contribution in [0.3, 0.4) is 0 Å². The van der Waals surface area contributed by atoms with E-state index in [0.717, 1.165) is 24.5 Å². The van der Waals surface area contributed by atoms with E-state index in [1.54, 1.807) is 18.2 Å². The van der Waals surface area contributed by atoms with Crippen molar-refractivity contribution in [3.8, 4) is 0 Å². The largest absolute Gasteiger partial charge is 0.228 e. The summed E-state index contributed by atoms with van der Waals surface area (Å²) in [6.45, 7) is 0. The summed E-state index contributed by atoms with van der Waals surface area (Å²) in [5.74, 6) is -2.14. The first-order valence-corrected chi connectivity index (χ1v) is 9.86. The summed E-state index contributed by atoms with van der Waals surface area (Å²) < 4.78 is 66.9. The summed E-state index contributed by atoms with van der Waals surface area (Å²) >= 11 is 5.64. The van der Waals surface area contributed by atoms with Crippen molar-refractivity contribution in [3.63, 3.8) is 0 Å². The van der Waals surface area contributed by atoms with Crippen molar-refractivity contribution in [2.45, 2.75) is 10.4 Å². The Hall–Kier alpha value is -2.05. The minimum absolute atomic E-state index is 0.0226. The molecule has 0 saturated heterocycles. The van der Waals surface area contributed by atoms with E-state index in [1.807, 2.05) is 0 Å². The number of sulfone groups is 1. The van der Waals surface area contributed by atoms with Crippen molar-refractivity contribution < 1.29 is 21.6 Å². The van der Waals surface area contributed by atoms with E-state index in [2.05, 4.69) is 0 Å². The van der Waals surface area contributed by atoms with Gasteiger partial charge in [0.05, 0.1) is 5.02 Å². The summed E-state index contributed by atoms with van der Waals surface area (Å²) in [4.78, 5) is 0. The molecular weight excluding hydrogens is 385 g/mol. The van der Waals surface area contributed by atoms with Crippen LogP contribution < -0.4 is 0 Å². The van der Waals surface area contributed by atoms with Gasteiger partial charge in [-0.1, -0.05) is 54.1 Å². The molecule has 0 radical (unpaired) electrons. The van der Waals surface area contributed by atoms with Crippen molar-refractivity contribution in [1.29, 1.82) is 0 Å². The van der Waals surface area contributed by atoms with Crippen LogP contribution in [0.25, 0.3) is 0 Å². The first kappa shape index (κ1) is 18.7. The Kier molecular flexibility index (Phi) is 4.53. The first-order chi connectivity index (χ1) is 12.1. The van der Waals surface area contributed by atoms with Crippen molar-refractivity contribution in [2.75, 3.05) is 6.26 Å². The molecule has 0 fully saturated rings. The molecule has 26 heavy (non-hydrogen) atoms. The molecule has 0 saturated carbocycles. The van der Waals surface area contributed by atoms with Gasteiger partial charge >= 0.3 is 0 Å². The van der Waals surface area contributed by atoms with Crippen LogP contribution in [0, 0.1) is 5.82 Å². The van der Waals surface area contributed by atoms with Gasteiger partial charge in [0.25, 0.3) is 0 Å². The van der Waals surface area contributed by atoms with Crippen LogP contribution in [-0.2, 0) is 20.3 Å². The smallest absolute Gasteiger partial charge is 0.205 e. The molecule has 3 rings (SSSR count). The number of halogens is 4. The Morgan fingerprint density at radius 2 is 1.62 bits per heavy atom. The Balaban J connectivity index is 2.22. The maximum Gasteiger partial charge on any atom is 0.205 e. The molecular formula is C19H14ClF3O2S. The minimum Gasteiger partial charge on any atom is -0.228 e. The molecule has 2 aromatic rings. The van der Waals surface area contributed by atoms with Gasteiger partial charge in [0.1, 0.15) is 16.4 Å². The Bertz CT molecular complexity index is 1020. The van der Waals surface area contributed by atoms with E-state index in [1.165, 1.54) is 24.3 Å². The third-order valence-electron chi connectivity index (χ3n) is 4.43. The van der Waals surface area contributed by atoms with Gasteiger partial charge in [-0.2, -0.15) is 0 Å². The second-order valence-electron chi connectivity index (χ2n) is 6.10. The molecule has 2 nitrogen and oxygen atoms in total. The summed E-state index contributed by atoms with van der Waals surface area (Å²) in [7, 11) is -4.02. The Labute approximate surface area is 154 Å². The predicted molar refractivity (Wildman–Crippen MR) is 95.5 cm³/mol. The van der Waals surface area contributed by atoms with Crippen molar-refractivity contribution >= 4 is 21.4 Å².